The van der Waals surface area contributed by atoms with Crippen molar-refractivity contribution in [2.75, 3.05) is 32.7 Å². The smallest absolute Gasteiger partial charge is 0.317 e. The number of carboxylic acid groups (broad SMARTS) is 1. The molecule has 2 aromatic rings. The molecule has 1 aliphatic heterocycles. The quantitative estimate of drug-likeness (QED) is 0.829. The molecule has 0 amide bonds. The second-order valence-corrected chi connectivity index (χ2v) is 6.72. The van der Waals surface area contributed by atoms with Crippen LogP contribution in [0.5, 0.6) is 5.75 Å². The Bertz CT molecular complexity index is 688. The van der Waals surface area contributed by atoms with Crippen LogP contribution in [-0.4, -0.2) is 53.6 Å². The molecule has 0 spiro atoms. The maximum atomic E-state index is 10.9. The Hall–Kier alpha value is -2.37. The van der Waals surface area contributed by atoms with Gasteiger partial charge >= 0.3 is 5.97 Å². The van der Waals surface area contributed by atoms with Gasteiger partial charge in [0.2, 0.25) is 0 Å². The summed E-state index contributed by atoms with van der Waals surface area (Å²) < 4.78 is 5.83. The van der Waals surface area contributed by atoms with E-state index in [2.05, 4.69) is 29.2 Å². The van der Waals surface area contributed by atoms with E-state index in [-0.39, 0.29) is 6.54 Å². The average molecular weight is 354 g/mol. The SMILES string of the molecule is O=C(O)CN1CCCN(Cc2ccc(OCc3ccccc3)cc2)CC1. The Morgan fingerprint density at radius 3 is 2.31 bits per heavy atom. The number of ether oxygens (including phenoxy) is 1. The highest BCUT2D eigenvalue weighted by Gasteiger charge is 2.16. The van der Waals surface area contributed by atoms with Crippen molar-refractivity contribution in [3.63, 3.8) is 0 Å². The minimum Gasteiger partial charge on any atom is -0.489 e. The lowest BCUT2D eigenvalue weighted by Crippen LogP contribution is -2.34. The Kier molecular flexibility index (Phi) is 6.63. The van der Waals surface area contributed by atoms with Crippen molar-refractivity contribution in [1.82, 2.24) is 9.80 Å². The van der Waals surface area contributed by atoms with Gasteiger partial charge in [0.25, 0.3) is 0 Å². The molecule has 0 unspecified atom stereocenters. The van der Waals surface area contributed by atoms with Crippen LogP contribution in [0.3, 0.4) is 0 Å². The van der Waals surface area contributed by atoms with E-state index in [0.717, 1.165) is 50.5 Å². The van der Waals surface area contributed by atoms with E-state index in [0.29, 0.717) is 6.61 Å². The molecule has 138 valence electrons. The molecule has 0 aliphatic carbocycles. The van der Waals surface area contributed by atoms with E-state index in [1.165, 1.54) is 5.56 Å². The van der Waals surface area contributed by atoms with Crippen LogP contribution in [0, 0.1) is 0 Å². The molecule has 1 heterocycles. The first-order chi connectivity index (χ1) is 12.7. The third-order valence-electron chi connectivity index (χ3n) is 4.62. The number of carboxylic acids is 1. The summed E-state index contributed by atoms with van der Waals surface area (Å²) in [5.74, 6) is 0.130. The molecule has 3 rings (SSSR count). The second-order valence-electron chi connectivity index (χ2n) is 6.72. The Balaban J connectivity index is 1.47. The van der Waals surface area contributed by atoms with E-state index < -0.39 is 5.97 Å². The number of carbonyl (C=O) groups is 1. The van der Waals surface area contributed by atoms with Gasteiger partial charge in [0.1, 0.15) is 12.4 Å². The largest absolute Gasteiger partial charge is 0.489 e. The van der Waals surface area contributed by atoms with Gasteiger partial charge in [-0.15, -0.1) is 0 Å². The molecule has 1 aliphatic rings. The number of nitrogens with zero attached hydrogens (tertiary/aromatic N) is 2. The molecule has 1 fully saturated rings. The Labute approximate surface area is 154 Å². The van der Waals surface area contributed by atoms with Gasteiger partial charge in [-0.2, -0.15) is 0 Å². The fourth-order valence-corrected chi connectivity index (χ4v) is 3.22. The molecule has 1 N–H and O–H groups in total. The first-order valence-corrected chi connectivity index (χ1v) is 9.11. The van der Waals surface area contributed by atoms with Crippen LogP contribution >= 0.6 is 0 Å². The molecule has 26 heavy (non-hydrogen) atoms. The highest BCUT2D eigenvalue weighted by molar-refractivity contribution is 5.69. The molecule has 5 heteroatoms. The van der Waals surface area contributed by atoms with Crippen LogP contribution in [-0.2, 0) is 17.9 Å². The van der Waals surface area contributed by atoms with Crippen molar-refractivity contribution in [3.8, 4) is 5.75 Å². The lowest BCUT2D eigenvalue weighted by Gasteiger charge is -2.21. The van der Waals surface area contributed by atoms with Gasteiger partial charge in [-0.05, 0) is 36.2 Å². The van der Waals surface area contributed by atoms with Crippen LogP contribution in [0.4, 0.5) is 0 Å². The maximum absolute atomic E-state index is 10.9. The van der Waals surface area contributed by atoms with Crippen molar-refractivity contribution in [2.45, 2.75) is 19.6 Å². The van der Waals surface area contributed by atoms with Gasteiger partial charge in [-0.25, -0.2) is 0 Å². The first kappa shape index (κ1) is 18.4. The standard InChI is InChI=1S/C21H26N2O3/c24-21(25)16-23-12-4-11-22(13-14-23)15-18-7-9-20(10-8-18)26-17-19-5-2-1-3-6-19/h1-3,5-10H,4,11-17H2,(H,24,25). The zero-order valence-electron chi connectivity index (χ0n) is 15.0. The van der Waals surface area contributed by atoms with Crippen molar-refractivity contribution < 1.29 is 14.6 Å². The van der Waals surface area contributed by atoms with Crippen LogP contribution < -0.4 is 4.74 Å². The minimum atomic E-state index is -0.746. The van der Waals surface area contributed by atoms with E-state index in [1.54, 1.807) is 0 Å². The minimum absolute atomic E-state index is 0.140. The average Bonchev–Trinajstić information content (AvgIpc) is 2.87. The Morgan fingerprint density at radius 2 is 1.58 bits per heavy atom. The predicted molar refractivity (Wildman–Crippen MR) is 101 cm³/mol. The van der Waals surface area contributed by atoms with Gasteiger partial charge in [0.05, 0.1) is 6.54 Å². The molecule has 0 radical (unpaired) electrons. The van der Waals surface area contributed by atoms with Crippen LogP contribution in [0.1, 0.15) is 17.5 Å². The molecular formula is C21H26N2O3. The molecule has 0 bridgehead atoms. The van der Waals surface area contributed by atoms with Gasteiger partial charge in [0.15, 0.2) is 0 Å². The number of aliphatic carboxylic acids is 1. The maximum Gasteiger partial charge on any atom is 0.317 e. The lowest BCUT2D eigenvalue weighted by molar-refractivity contribution is -0.138. The summed E-state index contributed by atoms with van der Waals surface area (Å²) in [6.45, 7) is 5.18. The number of hydrogen-bond donors (Lipinski definition) is 1. The monoisotopic (exact) mass is 354 g/mol. The van der Waals surface area contributed by atoms with Crippen LogP contribution in [0.25, 0.3) is 0 Å². The molecule has 0 atom stereocenters. The summed E-state index contributed by atoms with van der Waals surface area (Å²) >= 11 is 0. The molecule has 0 aromatic heterocycles. The van der Waals surface area contributed by atoms with Gasteiger partial charge < -0.3 is 9.84 Å². The van der Waals surface area contributed by atoms with E-state index in [4.69, 9.17) is 9.84 Å². The van der Waals surface area contributed by atoms with Crippen molar-refractivity contribution in [3.05, 3.63) is 65.7 Å². The molecule has 5 nitrogen and oxygen atoms in total. The lowest BCUT2D eigenvalue weighted by atomic mass is 10.2. The zero-order valence-corrected chi connectivity index (χ0v) is 15.0. The van der Waals surface area contributed by atoms with Gasteiger partial charge in [0, 0.05) is 26.2 Å². The number of hydrogen-bond acceptors (Lipinski definition) is 4. The number of benzene rings is 2. The van der Waals surface area contributed by atoms with Crippen LogP contribution in [0.15, 0.2) is 54.6 Å². The molecule has 1 saturated heterocycles. The third kappa shape index (κ3) is 5.86. The molecule has 2 aromatic carbocycles. The predicted octanol–water partition coefficient (Wildman–Crippen LogP) is 2.86. The fraction of sp³-hybridized carbons (Fsp3) is 0.381. The van der Waals surface area contributed by atoms with Crippen molar-refractivity contribution in [2.24, 2.45) is 0 Å². The van der Waals surface area contributed by atoms with Crippen molar-refractivity contribution >= 4 is 5.97 Å². The van der Waals surface area contributed by atoms with E-state index in [9.17, 15) is 4.79 Å². The second kappa shape index (κ2) is 9.36. The summed E-state index contributed by atoms with van der Waals surface area (Å²) in [5, 5.41) is 8.93. The Morgan fingerprint density at radius 1 is 0.885 bits per heavy atom. The summed E-state index contributed by atoms with van der Waals surface area (Å²) in [6, 6.07) is 18.4. The van der Waals surface area contributed by atoms with Gasteiger partial charge in [-0.3, -0.25) is 14.6 Å². The zero-order chi connectivity index (χ0) is 18.2. The highest BCUT2D eigenvalue weighted by Crippen LogP contribution is 2.16. The molecule has 0 saturated carbocycles. The van der Waals surface area contributed by atoms with Crippen molar-refractivity contribution in [1.29, 1.82) is 0 Å². The first-order valence-electron chi connectivity index (χ1n) is 9.11. The van der Waals surface area contributed by atoms with Gasteiger partial charge in [-0.1, -0.05) is 42.5 Å². The summed E-state index contributed by atoms with van der Waals surface area (Å²) in [7, 11) is 0. The van der Waals surface area contributed by atoms with E-state index >= 15 is 0 Å². The summed E-state index contributed by atoms with van der Waals surface area (Å²) in [6.07, 6.45) is 1.01. The molecular weight excluding hydrogens is 328 g/mol. The normalized spacial score (nSPS) is 16.2. The number of rotatable bonds is 7. The van der Waals surface area contributed by atoms with E-state index in [1.807, 2.05) is 35.2 Å². The summed E-state index contributed by atoms with van der Waals surface area (Å²) in [5.41, 5.74) is 2.41. The highest BCUT2D eigenvalue weighted by atomic mass is 16.5. The topological polar surface area (TPSA) is 53.0 Å². The van der Waals surface area contributed by atoms with Crippen LogP contribution in [0.2, 0.25) is 0 Å². The fourth-order valence-electron chi connectivity index (χ4n) is 3.22. The third-order valence-corrected chi connectivity index (χ3v) is 4.62. The summed E-state index contributed by atoms with van der Waals surface area (Å²) in [4.78, 5) is 15.3.